The topological polar surface area (TPSA) is 91.8 Å². The van der Waals surface area contributed by atoms with Crippen molar-refractivity contribution in [1.29, 1.82) is 0 Å². The minimum atomic E-state index is -1.87. The van der Waals surface area contributed by atoms with E-state index in [1.165, 1.54) is 4.90 Å². The lowest BCUT2D eigenvalue weighted by Crippen LogP contribution is -2.44. The van der Waals surface area contributed by atoms with Crippen LogP contribution in [0.5, 0.6) is 0 Å². The average Bonchev–Trinajstić information content (AvgIpc) is 3.18. The van der Waals surface area contributed by atoms with E-state index in [0.29, 0.717) is 18.5 Å². The summed E-state index contributed by atoms with van der Waals surface area (Å²) in [6.07, 6.45) is 0.347. The molecule has 4 unspecified atom stereocenters. The number of benzene rings is 2. The van der Waals surface area contributed by atoms with Gasteiger partial charge in [-0.25, -0.2) is 4.79 Å². The van der Waals surface area contributed by atoms with Crippen LogP contribution in [0.4, 0.5) is 0 Å². The molecular formula is C22H23NO5S2. The molecule has 1 N–H and O–H groups in total. The highest BCUT2D eigenvalue weighted by Crippen LogP contribution is 2.33. The smallest absolute Gasteiger partial charge is 0.326 e. The van der Waals surface area contributed by atoms with Crippen molar-refractivity contribution >= 4 is 39.6 Å². The van der Waals surface area contributed by atoms with Gasteiger partial charge in [-0.3, -0.25) is 13.8 Å². The first-order chi connectivity index (χ1) is 14.4. The van der Waals surface area contributed by atoms with Gasteiger partial charge in [0.2, 0.25) is 11.0 Å². The van der Waals surface area contributed by atoms with Crippen LogP contribution in [0.3, 0.4) is 0 Å². The van der Waals surface area contributed by atoms with Gasteiger partial charge in [0.15, 0.2) is 0 Å². The fraction of sp³-hybridized carbons (Fsp3) is 0.318. The molecule has 30 heavy (non-hydrogen) atoms. The quantitative estimate of drug-likeness (QED) is 0.704. The third-order valence-electron chi connectivity index (χ3n) is 4.92. The summed E-state index contributed by atoms with van der Waals surface area (Å²) >= 11 is 1.55. The number of rotatable bonds is 7. The molecule has 1 aliphatic rings. The number of carbonyl (C=O) groups excluding carboxylic acids is 2. The van der Waals surface area contributed by atoms with E-state index in [1.54, 1.807) is 49.0 Å². The van der Waals surface area contributed by atoms with Crippen LogP contribution in [0.2, 0.25) is 0 Å². The summed E-state index contributed by atoms with van der Waals surface area (Å²) in [5, 5.41) is 9.03. The number of amides is 1. The Balaban J connectivity index is 1.65. The predicted octanol–water partition coefficient (Wildman–Crippen LogP) is 3.06. The van der Waals surface area contributed by atoms with Gasteiger partial charge in [0.05, 0.1) is 10.8 Å². The highest BCUT2D eigenvalue weighted by atomic mass is 32.2. The fourth-order valence-corrected chi connectivity index (χ4v) is 5.77. The summed E-state index contributed by atoms with van der Waals surface area (Å²) in [6, 6.07) is 17.0. The lowest BCUT2D eigenvalue weighted by atomic mass is 10.1. The Labute approximate surface area is 182 Å². The third kappa shape index (κ3) is 5.37. The van der Waals surface area contributed by atoms with Crippen molar-refractivity contribution in [3.63, 3.8) is 0 Å². The van der Waals surface area contributed by atoms with E-state index >= 15 is 0 Å². The molecule has 1 aliphatic heterocycles. The Bertz CT molecular complexity index is 935. The zero-order valence-electron chi connectivity index (χ0n) is 16.5. The van der Waals surface area contributed by atoms with Crippen LogP contribution in [0, 0.1) is 5.92 Å². The molecule has 4 atom stereocenters. The number of likely N-dealkylation sites (tertiary alicyclic amines) is 1. The van der Waals surface area contributed by atoms with Gasteiger partial charge in [-0.1, -0.05) is 55.5 Å². The monoisotopic (exact) mass is 445 g/mol. The van der Waals surface area contributed by atoms with Crippen LogP contribution >= 0.6 is 11.8 Å². The van der Waals surface area contributed by atoms with Crippen LogP contribution in [0.25, 0.3) is 0 Å². The zero-order chi connectivity index (χ0) is 21.7. The van der Waals surface area contributed by atoms with Crippen LogP contribution in [0.1, 0.15) is 23.7 Å². The summed E-state index contributed by atoms with van der Waals surface area (Å²) in [6.45, 7) is 1.90. The van der Waals surface area contributed by atoms with Crippen molar-refractivity contribution in [3.05, 3.63) is 66.2 Å². The summed E-state index contributed by atoms with van der Waals surface area (Å²) in [7, 11) is -1.87. The van der Waals surface area contributed by atoms with Crippen LogP contribution in [0.15, 0.2) is 65.6 Å². The van der Waals surface area contributed by atoms with Crippen LogP contribution in [-0.4, -0.2) is 54.8 Å². The molecule has 0 aromatic heterocycles. The maximum Gasteiger partial charge on any atom is 0.326 e. The fourth-order valence-electron chi connectivity index (χ4n) is 3.41. The molecule has 6 nitrogen and oxygen atoms in total. The Morgan fingerprint density at radius 2 is 1.70 bits per heavy atom. The molecule has 1 heterocycles. The second-order valence-electron chi connectivity index (χ2n) is 7.20. The van der Waals surface area contributed by atoms with E-state index in [2.05, 4.69) is 0 Å². The second-order valence-corrected chi connectivity index (χ2v) is 9.97. The molecule has 1 amide bonds. The number of hydrogen-bond donors (Lipinski definition) is 1. The molecule has 1 saturated heterocycles. The Kier molecular flexibility index (Phi) is 7.44. The SMILES string of the molecule is CC(CS(=O)C(=O)c1ccccc1)C(=O)N1CC(Sc2ccccc2)CC1C(=O)O. The molecule has 8 heteroatoms. The van der Waals surface area contributed by atoms with Crippen molar-refractivity contribution in [1.82, 2.24) is 4.90 Å². The van der Waals surface area contributed by atoms with Crippen molar-refractivity contribution in [3.8, 4) is 0 Å². The Hall–Kier alpha value is -2.45. The summed E-state index contributed by atoms with van der Waals surface area (Å²) in [5.74, 6) is -2.28. The molecule has 0 saturated carbocycles. The first-order valence-corrected chi connectivity index (χ1v) is 11.8. The van der Waals surface area contributed by atoms with Crippen molar-refractivity contribution in [2.24, 2.45) is 5.92 Å². The van der Waals surface area contributed by atoms with Crippen molar-refractivity contribution in [2.75, 3.05) is 12.3 Å². The maximum atomic E-state index is 13.0. The second kappa shape index (κ2) is 10.0. The summed E-state index contributed by atoms with van der Waals surface area (Å²) in [4.78, 5) is 39.4. The van der Waals surface area contributed by atoms with Crippen molar-refractivity contribution < 1.29 is 23.7 Å². The summed E-state index contributed by atoms with van der Waals surface area (Å²) < 4.78 is 12.5. The predicted molar refractivity (Wildman–Crippen MR) is 117 cm³/mol. The molecule has 0 bridgehead atoms. The Morgan fingerprint density at radius 3 is 2.30 bits per heavy atom. The number of carbonyl (C=O) groups is 3. The van der Waals surface area contributed by atoms with E-state index < -0.39 is 33.8 Å². The minimum absolute atomic E-state index is 0.0406. The third-order valence-corrected chi connectivity index (χ3v) is 7.59. The molecule has 2 aromatic carbocycles. The van der Waals surface area contributed by atoms with Gasteiger partial charge in [-0.05, 0) is 18.6 Å². The van der Waals surface area contributed by atoms with Gasteiger partial charge in [0.25, 0.3) is 0 Å². The zero-order valence-corrected chi connectivity index (χ0v) is 18.1. The molecule has 0 aliphatic carbocycles. The number of nitrogens with zero attached hydrogens (tertiary/aromatic N) is 1. The number of carboxylic acids is 1. The highest BCUT2D eigenvalue weighted by molar-refractivity contribution is 8.01. The van der Waals surface area contributed by atoms with Gasteiger partial charge >= 0.3 is 5.97 Å². The molecule has 1 fully saturated rings. The normalized spacial score (nSPS) is 20.5. The number of thioether (sulfide) groups is 1. The largest absolute Gasteiger partial charge is 0.480 e. The molecule has 2 aromatic rings. The first kappa shape index (κ1) is 22.2. The van der Waals surface area contributed by atoms with E-state index in [0.717, 1.165) is 4.90 Å². The van der Waals surface area contributed by atoms with Crippen molar-refractivity contribution in [2.45, 2.75) is 29.5 Å². The maximum absolute atomic E-state index is 13.0. The van der Waals surface area contributed by atoms with Crippen LogP contribution < -0.4 is 0 Å². The first-order valence-electron chi connectivity index (χ1n) is 9.59. The van der Waals surface area contributed by atoms with Gasteiger partial charge in [-0.15, -0.1) is 11.8 Å². The highest BCUT2D eigenvalue weighted by Gasteiger charge is 2.41. The minimum Gasteiger partial charge on any atom is -0.480 e. The lowest BCUT2D eigenvalue weighted by molar-refractivity contribution is -0.149. The summed E-state index contributed by atoms with van der Waals surface area (Å²) in [5.41, 5.74) is 0.333. The van der Waals surface area contributed by atoms with Gasteiger partial charge in [0.1, 0.15) is 6.04 Å². The van der Waals surface area contributed by atoms with E-state index in [4.69, 9.17) is 0 Å². The van der Waals surface area contributed by atoms with Gasteiger partial charge < -0.3 is 10.0 Å². The molecule has 0 spiro atoms. The number of carboxylic acid groups (broad SMARTS) is 1. The molecule has 0 radical (unpaired) electrons. The van der Waals surface area contributed by atoms with E-state index in [9.17, 15) is 23.7 Å². The molecule has 158 valence electrons. The molecular weight excluding hydrogens is 422 g/mol. The van der Waals surface area contributed by atoms with Gasteiger partial charge in [-0.2, -0.15) is 0 Å². The van der Waals surface area contributed by atoms with Crippen LogP contribution in [-0.2, 0) is 20.4 Å². The average molecular weight is 446 g/mol. The standard InChI is InChI=1S/C22H23NO5S2/c1-15(14-30(28)22(27)16-8-4-2-5-9-16)20(24)23-13-18(12-19(23)21(25)26)29-17-10-6-3-7-11-17/h2-11,15,18-19H,12-14H2,1H3,(H,25,26). The van der Waals surface area contributed by atoms with E-state index in [1.807, 2.05) is 30.3 Å². The number of hydrogen-bond acceptors (Lipinski definition) is 5. The lowest BCUT2D eigenvalue weighted by Gasteiger charge is -2.24. The van der Waals surface area contributed by atoms with E-state index in [-0.39, 0.29) is 16.9 Å². The number of aliphatic carboxylic acids is 1. The van der Waals surface area contributed by atoms with Gasteiger partial charge in [0, 0.05) is 33.9 Å². The molecule has 3 rings (SSSR count). The Morgan fingerprint density at radius 1 is 1.10 bits per heavy atom.